The van der Waals surface area contributed by atoms with E-state index in [1.807, 2.05) is 0 Å². The molecule has 14 heavy (non-hydrogen) atoms. The quantitative estimate of drug-likeness (QED) is 0.291. The number of rotatable bonds is 4. The fraction of sp³-hybridized carbons (Fsp3) is 0.400. The molecule has 0 saturated carbocycles. The Morgan fingerprint density at radius 2 is 2.00 bits per heavy atom. The number of ether oxygens (including phenoxy) is 2. The number of esters is 2. The van der Waals surface area contributed by atoms with Gasteiger partial charge in [0.05, 0.1) is 12.7 Å². The van der Waals surface area contributed by atoms with E-state index in [2.05, 4.69) is 17.9 Å². The Balaban J connectivity index is 2.36. The molecule has 0 N–H and O–H groups in total. The lowest BCUT2D eigenvalue weighted by atomic mass is 10.2. The molecule has 1 heterocycles. The first-order chi connectivity index (χ1) is 6.50. The van der Waals surface area contributed by atoms with Gasteiger partial charge in [-0.05, 0) is 6.92 Å². The maximum atomic E-state index is 11.2. The van der Waals surface area contributed by atoms with E-state index in [1.165, 1.54) is 6.92 Å². The maximum Gasteiger partial charge on any atom is 0.341 e. The smallest absolute Gasteiger partial charge is 0.341 e. The van der Waals surface area contributed by atoms with E-state index in [0.29, 0.717) is 13.0 Å². The van der Waals surface area contributed by atoms with Crippen molar-refractivity contribution in [1.29, 1.82) is 0 Å². The van der Waals surface area contributed by atoms with Crippen LogP contribution >= 0.6 is 0 Å². The number of carbonyl (C=O) groups is 2. The third-order valence-corrected chi connectivity index (χ3v) is 1.70. The number of carbonyl (C=O) groups excluding carboxylic acids is 2. The van der Waals surface area contributed by atoms with Crippen LogP contribution in [-0.4, -0.2) is 24.6 Å². The standard InChI is InChI=1S/C10H12O4/c1-6(2)9(11)14-10(12)7(3)4-8-5-13-8/h8H,1,3-5H2,2H3. The minimum Gasteiger partial charge on any atom is -0.386 e. The van der Waals surface area contributed by atoms with E-state index in [4.69, 9.17) is 4.74 Å². The van der Waals surface area contributed by atoms with Gasteiger partial charge in [-0.1, -0.05) is 13.2 Å². The second-order valence-electron chi connectivity index (χ2n) is 3.22. The summed E-state index contributed by atoms with van der Waals surface area (Å²) in [6.07, 6.45) is 0.484. The summed E-state index contributed by atoms with van der Waals surface area (Å²) >= 11 is 0. The van der Waals surface area contributed by atoms with Crippen LogP contribution < -0.4 is 0 Å². The summed E-state index contributed by atoms with van der Waals surface area (Å²) in [6, 6.07) is 0. The highest BCUT2D eigenvalue weighted by Crippen LogP contribution is 2.18. The lowest BCUT2D eigenvalue weighted by Crippen LogP contribution is -2.15. The molecule has 1 unspecified atom stereocenters. The molecule has 1 fully saturated rings. The predicted octanol–water partition coefficient (Wildman–Crippen LogP) is 0.977. The number of hydrogen-bond acceptors (Lipinski definition) is 4. The van der Waals surface area contributed by atoms with E-state index in [-0.39, 0.29) is 17.3 Å². The molecule has 1 atom stereocenters. The van der Waals surface area contributed by atoms with Crippen LogP contribution in [0.4, 0.5) is 0 Å². The van der Waals surface area contributed by atoms with E-state index >= 15 is 0 Å². The van der Waals surface area contributed by atoms with Crippen LogP contribution in [0.3, 0.4) is 0 Å². The van der Waals surface area contributed by atoms with Gasteiger partial charge in [0.15, 0.2) is 0 Å². The first-order valence-corrected chi connectivity index (χ1v) is 4.22. The van der Waals surface area contributed by atoms with Crippen molar-refractivity contribution in [3.63, 3.8) is 0 Å². The van der Waals surface area contributed by atoms with Crippen molar-refractivity contribution in [3.05, 3.63) is 24.3 Å². The Hall–Kier alpha value is -1.42. The zero-order valence-electron chi connectivity index (χ0n) is 8.04. The van der Waals surface area contributed by atoms with E-state index in [9.17, 15) is 9.59 Å². The molecule has 0 radical (unpaired) electrons. The van der Waals surface area contributed by atoms with E-state index in [0.717, 1.165) is 0 Å². The van der Waals surface area contributed by atoms with E-state index in [1.54, 1.807) is 0 Å². The predicted molar refractivity (Wildman–Crippen MR) is 49.4 cm³/mol. The van der Waals surface area contributed by atoms with Crippen LogP contribution in [0.2, 0.25) is 0 Å². The first kappa shape index (κ1) is 10.7. The lowest BCUT2D eigenvalue weighted by molar-refractivity contribution is -0.154. The zero-order valence-corrected chi connectivity index (χ0v) is 8.04. The van der Waals surface area contributed by atoms with Crippen molar-refractivity contribution in [2.24, 2.45) is 0 Å². The van der Waals surface area contributed by atoms with Gasteiger partial charge in [0.1, 0.15) is 0 Å². The van der Waals surface area contributed by atoms with Gasteiger partial charge in [-0.15, -0.1) is 0 Å². The fourth-order valence-electron chi connectivity index (χ4n) is 0.788. The fourth-order valence-corrected chi connectivity index (χ4v) is 0.788. The van der Waals surface area contributed by atoms with E-state index < -0.39 is 11.9 Å². The molecule has 0 aromatic heterocycles. The molecular weight excluding hydrogens is 184 g/mol. The molecule has 0 aromatic carbocycles. The molecule has 1 rings (SSSR count). The Kier molecular flexibility index (Phi) is 3.19. The van der Waals surface area contributed by atoms with Gasteiger partial charge in [-0.25, -0.2) is 9.59 Å². The average Bonchev–Trinajstić information content (AvgIpc) is 2.87. The maximum absolute atomic E-state index is 11.2. The lowest BCUT2D eigenvalue weighted by Gasteiger charge is -2.03. The molecule has 1 saturated heterocycles. The molecule has 0 amide bonds. The van der Waals surface area contributed by atoms with Crippen molar-refractivity contribution in [2.45, 2.75) is 19.4 Å². The molecule has 0 aromatic rings. The molecular formula is C10H12O4. The van der Waals surface area contributed by atoms with Gasteiger partial charge in [-0.3, -0.25) is 0 Å². The summed E-state index contributed by atoms with van der Waals surface area (Å²) in [5, 5.41) is 0. The summed E-state index contributed by atoms with van der Waals surface area (Å²) < 4.78 is 9.38. The highest BCUT2D eigenvalue weighted by Gasteiger charge is 2.26. The molecule has 4 heteroatoms. The summed E-state index contributed by atoms with van der Waals surface area (Å²) in [7, 11) is 0. The second kappa shape index (κ2) is 4.19. The average molecular weight is 196 g/mol. The zero-order chi connectivity index (χ0) is 10.7. The number of epoxide rings is 1. The van der Waals surface area contributed by atoms with Gasteiger partial charge < -0.3 is 9.47 Å². The SMILES string of the molecule is C=C(C)C(=O)OC(=O)C(=C)CC1CO1. The third-order valence-electron chi connectivity index (χ3n) is 1.70. The van der Waals surface area contributed by atoms with Gasteiger partial charge in [0, 0.05) is 17.6 Å². The highest BCUT2D eigenvalue weighted by molar-refractivity contribution is 6.01. The normalized spacial score (nSPS) is 18.5. The van der Waals surface area contributed by atoms with Crippen LogP contribution in [0, 0.1) is 0 Å². The third kappa shape index (κ3) is 3.14. The Morgan fingerprint density at radius 1 is 1.43 bits per heavy atom. The molecule has 0 aliphatic carbocycles. The van der Waals surface area contributed by atoms with Gasteiger partial charge in [0.25, 0.3) is 0 Å². The van der Waals surface area contributed by atoms with Crippen LogP contribution in [0.25, 0.3) is 0 Å². The molecule has 0 spiro atoms. The van der Waals surface area contributed by atoms with Crippen molar-refractivity contribution >= 4 is 11.9 Å². The van der Waals surface area contributed by atoms with Gasteiger partial charge >= 0.3 is 11.9 Å². The van der Waals surface area contributed by atoms with Crippen molar-refractivity contribution < 1.29 is 19.1 Å². The molecule has 1 aliphatic rings. The van der Waals surface area contributed by atoms with Crippen molar-refractivity contribution in [3.8, 4) is 0 Å². The van der Waals surface area contributed by atoms with Crippen LogP contribution in [0.1, 0.15) is 13.3 Å². The Morgan fingerprint density at radius 3 is 2.43 bits per heavy atom. The van der Waals surface area contributed by atoms with Crippen LogP contribution in [0.15, 0.2) is 24.3 Å². The van der Waals surface area contributed by atoms with Gasteiger partial charge in [-0.2, -0.15) is 0 Å². The molecule has 0 bridgehead atoms. The Bertz CT molecular complexity index is 299. The second-order valence-corrected chi connectivity index (χ2v) is 3.22. The van der Waals surface area contributed by atoms with Crippen molar-refractivity contribution in [2.75, 3.05) is 6.61 Å². The first-order valence-electron chi connectivity index (χ1n) is 4.22. The molecule has 76 valence electrons. The minimum absolute atomic E-state index is 0.0648. The molecule has 1 aliphatic heterocycles. The largest absolute Gasteiger partial charge is 0.386 e. The highest BCUT2D eigenvalue weighted by atomic mass is 16.6. The monoisotopic (exact) mass is 196 g/mol. The summed E-state index contributed by atoms with van der Waals surface area (Å²) in [5.74, 6) is -1.42. The minimum atomic E-state index is -0.715. The summed E-state index contributed by atoms with van der Waals surface area (Å²) in [6.45, 7) is 8.98. The summed E-state index contributed by atoms with van der Waals surface area (Å²) in [4.78, 5) is 22.1. The van der Waals surface area contributed by atoms with Crippen LogP contribution in [-0.2, 0) is 19.1 Å². The van der Waals surface area contributed by atoms with Gasteiger partial charge in [0.2, 0.25) is 0 Å². The number of hydrogen-bond donors (Lipinski definition) is 0. The van der Waals surface area contributed by atoms with Crippen molar-refractivity contribution in [1.82, 2.24) is 0 Å². The van der Waals surface area contributed by atoms with Crippen LogP contribution in [0.5, 0.6) is 0 Å². The Labute approximate surface area is 82.2 Å². The molecule has 4 nitrogen and oxygen atoms in total. The summed E-state index contributed by atoms with van der Waals surface area (Å²) in [5.41, 5.74) is 0.441. The topological polar surface area (TPSA) is 55.9 Å².